The Morgan fingerprint density at radius 1 is 1.29 bits per heavy atom. The van der Waals surface area contributed by atoms with E-state index in [-0.39, 0.29) is 0 Å². The van der Waals surface area contributed by atoms with Crippen LogP contribution in [0.25, 0.3) is 0 Å². The van der Waals surface area contributed by atoms with Crippen molar-refractivity contribution in [1.82, 2.24) is 9.97 Å². The van der Waals surface area contributed by atoms with Crippen LogP contribution in [-0.2, 0) is 0 Å². The molecule has 1 fully saturated rings. The first-order valence-electron chi connectivity index (χ1n) is 6.98. The smallest absolute Gasteiger partial charge is 0.141 e. The number of nitrogens with two attached hydrogens (primary N) is 1. The molecule has 1 aromatic carbocycles. The van der Waals surface area contributed by atoms with E-state index in [9.17, 15) is 5.26 Å². The summed E-state index contributed by atoms with van der Waals surface area (Å²) in [6, 6.07) is 9.69. The van der Waals surface area contributed by atoms with E-state index in [1.807, 2.05) is 37.1 Å². The van der Waals surface area contributed by atoms with Crippen molar-refractivity contribution < 1.29 is 0 Å². The Bertz CT molecular complexity index is 728. The lowest BCUT2D eigenvalue weighted by atomic mass is 10.1. The lowest BCUT2D eigenvalue weighted by Crippen LogP contribution is -2.17. The summed E-state index contributed by atoms with van der Waals surface area (Å²) in [5.74, 6) is 2.54. The van der Waals surface area contributed by atoms with Gasteiger partial charge in [-0.1, -0.05) is 12.1 Å². The Kier molecular flexibility index (Phi) is 3.22. The van der Waals surface area contributed by atoms with Gasteiger partial charge in [0.25, 0.3) is 0 Å². The van der Waals surface area contributed by atoms with E-state index in [1.54, 1.807) is 6.07 Å². The van der Waals surface area contributed by atoms with Crippen LogP contribution >= 0.6 is 0 Å². The van der Waals surface area contributed by atoms with Gasteiger partial charge in [0, 0.05) is 18.5 Å². The second-order valence-electron chi connectivity index (χ2n) is 5.38. The number of anilines is 3. The minimum atomic E-state index is 0.436. The highest BCUT2D eigenvalue weighted by atomic mass is 15.2. The molecule has 106 valence electrons. The van der Waals surface area contributed by atoms with E-state index in [0.717, 1.165) is 35.7 Å². The SMILES string of the molecule is Cc1c(N)nc(C2CC2)nc1N(C)c1ccccc1C#N. The zero-order valence-corrected chi connectivity index (χ0v) is 12.2. The van der Waals surface area contributed by atoms with Crippen LogP contribution in [0.3, 0.4) is 0 Å². The second-order valence-corrected chi connectivity index (χ2v) is 5.38. The van der Waals surface area contributed by atoms with Crippen molar-refractivity contribution in [3.63, 3.8) is 0 Å². The van der Waals surface area contributed by atoms with Crippen LogP contribution in [-0.4, -0.2) is 17.0 Å². The molecule has 5 nitrogen and oxygen atoms in total. The van der Waals surface area contributed by atoms with Crippen LogP contribution in [0.15, 0.2) is 24.3 Å². The minimum Gasteiger partial charge on any atom is -0.383 e. The maximum atomic E-state index is 9.26. The number of para-hydroxylation sites is 1. The normalized spacial score (nSPS) is 13.8. The summed E-state index contributed by atoms with van der Waals surface area (Å²) >= 11 is 0. The van der Waals surface area contributed by atoms with Gasteiger partial charge in [0.2, 0.25) is 0 Å². The van der Waals surface area contributed by atoms with Gasteiger partial charge in [-0.15, -0.1) is 0 Å². The molecule has 0 aliphatic heterocycles. The molecular formula is C16H17N5. The van der Waals surface area contributed by atoms with E-state index in [0.29, 0.717) is 17.3 Å². The Morgan fingerprint density at radius 2 is 2.00 bits per heavy atom. The first-order chi connectivity index (χ1) is 10.1. The summed E-state index contributed by atoms with van der Waals surface area (Å²) in [4.78, 5) is 11.0. The molecule has 5 heteroatoms. The Morgan fingerprint density at radius 3 is 2.67 bits per heavy atom. The molecule has 1 heterocycles. The Balaban J connectivity index is 2.09. The molecule has 21 heavy (non-hydrogen) atoms. The summed E-state index contributed by atoms with van der Waals surface area (Å²) in [6.45, 7) is 1.91. The monoisotopic (exact) mass is 279 g/mol. The van der Waals surface area contributed by atoms with E-state index in [2.05, 4.69) is 16.0 Å². The van der Waals surface area contributed by atoms with Gasteiger partial charge < -0.3 is 10.6 Å². The standard InChI is InChI=1S/C16H17N5/c1-10-14(18)19-15(11-7-8-11)20-16(10)21(2)13-6-4-3-5-12(13)9-17/h3-6,11H,7-8H2,1-2H3,(H2,18,19,20). The van der Waals surface area contributed by atoms with Gasteiger partial charge in [-0.2, -0.15) is 5.26 Å². The number of rotatable bonds is 3. The molecule has 0 unspecified atom stereocenters. The van der Waals surface area contributed by atoms with Gasteiger partial charge in [0.1, 0.15) is 23.5 Å². The third kappa shape index (κ3) is 2.40. The highest BCUT2D eigenvalue weighted by Crippen LogP contribution is 2.40. The average molecular weight is 279 g/mol. The van der Waals surface area contributed by atoms with E-state index >= 15 is 0 Å². The van der Waals surface area contributed by atoms with Crippen LogP contribution in [0.1, 0.15) is 35.7 Å². The predicted octanol–water partition coefficient (Wildman–Crippen LogP) is 2.88. The number of nitrogen functional groups attached to an aromatic ring is 1. The first kappa shape index (κ1) is 13.4. The lowest BCUT2D eigenvalue weighted by molar-refractivity contribution is 0.909. The van der Waals surface area contributed by atoms with Crippen molar-refractivity contribution in [3.05, 3.63) is 41.2 Å². The fourth-order valence-corrected chi connectivity index (χ4v) is 2.36. The van der Waals surface area contributed by atoms with Crippen LogP contribution < -0.4 is 10.6 Å². The molecular weight excluding hydrogens is 262 g/mol. The molecule has 0 saturated heterocycles. The van der Waals surface area contributed by atoms with Crippen molar-refractivity contribution in [1.29, 1.82) is 5.26 Å². The molecule has 1 aliphatic carbocycles. The van der Waals surface area contributed by atoms with E-state index < -0.39 is 0 Å². The van der Waals surface area contributed by atoms with Gasteiger partial charge >= 0.3 is 0 Å². The summed E-state index contributed by atoms with van der Waals surface area (Å²) in [6.07, 6.45) is 2.25. The topological polar surface area (TPSA) is 78.8 Å². The highest BCUT2D eigenvalue weighted by Gasteiger charge is 2.28. The molecule has 2 aromatic rings. The largest absolute Gasteiger partial charge is 0.383 e. The first-order valence-corrected chi connectivity index (χ1v) is 6.98. The average Bonchev–Trinajstić information content (AvgIpc) is 3.34. The van der Waals surface area contributed by atoms with Crippen LogP contribution in [0.4, 0.5) is 17.3 Å². The predicted molar refractivity (Wildman–Crippen MR) is 82.4 cm³/mol. The second kappa shape index (κ2) is 5.06. The fraction of sp³-hybridized carbons (Fsp3) is 0.312. The van der Waals surface area contributed by atoms with Crippen molar-refractivity contribution in [2.24, 2.45) is 0 Å². The summed E-state index contributed by atoms with van der Waals surface area (Å²) in [5, 5.41) is 9.26. The molecule has 0 amide bonds. The van der Waals surface area contributed by atoms with Gasteiger partial charge in [0.05, 0.1) is 11.3 Å². The molecule has 2 N–H and O–H groups in total. The molecule has 1 aromatic heterocycles. The molecule has 0 atom stereocenters. The summed E-state index contributed by atoms with van der Waals surface area (Å²) < 4.78 is 0. The summed E-state index contributed by atoms with van der Waals surface area (Å²) in [5.41, 5.74) is 8.31. The fourth-order valence-electron chi connectivity index (χ4n) is 2.36. The van der Waals surface area contributed by atoms with Gasteiger partial charge in [-0.3, -0.25) is 0 Å². The zero-order chi connectivity index (χ0) is 15.0. The minimum absolute atomic E-state index is 0.436. The molecule has 0 spiro atoms. The quantitative estimate of drug-likeness (QED) is 0.934. The third-order valence-electron chi connectivity index (χ3n) is 3.82. The highest BCUT2D eigenvalue weighted by molar-refractivity contribution is 5.70. The zero-order valence-electron chi connectivity index (χ0n) is 12.2. The summed E-state index contributed by atoms with van der Waals surface area (Å²) in [7, 11) is 1.90. The number of nitrogens with zero attached hydrogens (tertiary/aromatic N) is 4. The third-order valence-corrected chi connectivity index (χ3v) is 3.82. The van der Waals surface area contributed by atoms with Crippen LogP contribution in [0, 0.1) is 18.3 Å². The molecule has 0 radical (unpaired) electrons. The Hall–Kier alpha value is -2.61. The lowest BCUT2D eigenvalue weighted by Gasteiger charge is -2.22. The number of nitriles is 1. The number of hydrogen-bond acceptors (Lipinski definition) is 5. The van der Waals surface area contributed by atoms with Crippen LogP contribution in [0.5, 0.6) is 0 Å². The van der Waals surface area contributed by atoms with Crippen molar-refractivity contribution in [2.75, 3.05) is 17.7 Å². The van der Waals surface area contributed by atoms with Crippen LogP contribution in [0.2, 0.25) is 0 Å². The van der Waals surface area contributed by atoms with Gasteiger partial charge in [0.15, 0.2) is 0 Å². The molecule has 3 rings (SSSR count). The number of hydrogen-bond donors (Lipinski definition) is 1. The van der Waals surface area contributed by atoms with Crippen molar-refractivity contribution in [3.8, 4) is 6.07 Å². The molecule has 0 bridgehead atoms. The van der Waals surface area contributed by atoms with E-state index in [4.69, 9.17) is 5.73 Å². The maximum Gasteiger partial charge on any atom is 0.141 e. The van der Waals surface area contributed by atoms with E-state index in [1.165, 1.54) is 0 Å². The van der Waals surface area contributed by atoms with Gasteiger partial charge in [-0.25, -0.2) is 9.97 Å². The molecule has 1 saturated carbocycles. The number of aromatic nitrogens is 2. The Labute approximate surface area is 124 Å². The number of benzene rings is 1. The molecule has 1 aliphatic rings. The van der Waals surface area contributed by atoms with Crippen molar-refractivity contribution >= 4 is 17.3 Å². The van der Waals surface area contributed by atoms with Crippen molar-refractivity contribution in [2.45, 2.75) is 25.7 Å². The van der Waals surface area contributed by atoms with Gasteiger partial charge in [-0.05, 0) is 31.9 Å². The maximum absolute atomic E-state index is 9.26.